The van der Waals surface area contributed by atoms with Crippen LogP contribution < -0.4 is 4.74 Å². The molecule has 5 nitrogen and oxygen atoms in total. The van der Waals surface area contributed by atoms with E-state index in [1.54, 1.807) is 30.0 Å². The van der Waals surface area contributed by atoms with Crippen LogP contribution in [0.15, 0.2) is 71.6 Å². The minimum atomic E-state index is -1.37. The lowest BCUT2D eigenvalue weighted by molar-refractivity contribution is 0.0685. The van der Waals surface area contributed by atoms with Crippen LogP contribution in [0.1, 0.15) is 113 Å². The quantitative estimate of drug-likeness (QED) is 0.131. The monoisotopic (exact) mass is 744 g/mol. The number of aromatic carboxylic acids is 2. The SMILES string of the molecule is Cc1cc2c(cc1/C(CC/C(=C(\F)c1ccc(C(=O)O)cc1F)c1ccc3c(c1)C(C)(C)CCO3)=C(/F)c1ccc(C(=O)O)cc1F)C(C)(C)CCS2. The molecule has 6 rings (SSSR count). The minimum absolute atomic E-state index is 0.0367. The number of allylic oxidation sites excluding steroid dienone is 2. The molecule has 0 atom stereocenters. The van der Waals surface area contributed by atoms with Crippen LogP contribution in [0.4, 0.5) is 17.6 Å². The number of fused-ring (bicyclic) bond motifs is 2. The smallest absolute Gasteiger partial charge is 0.335 e. The Bertz CT molecular complexity index is 2220. The summed E-state index contributed by atoms with van der Waals surface area (Å²) >= 11 is 1.70. The first-order valence-corrected chi connectivity index (χ1v) is 18.4. The van der Waals surface area contributed by atoms with Gasteiger partial charge in [0.05, 0.1) is 17.7 Å². The molecule has 4 aromatic rings. The Hall–Kier alpha value is -4.83. The van der Waals surface area contributed by atoms with Crippen molar-refractivity contribution in [3.05, 3.63) is 128 Å². The van der Waals surface area contributed by atoms with Crippen molar-refractivity contribution in [2.45, 2.75) is 76.0 Å². The normalized spacial score (nSPS) is 16.8. The average Bonchev–Trinajstić information content (AvgIpc) is 3.09. The van der Waals surface area contributed by atoms with Crippen molar-refractivity contribution in [2.75, 3.05) is 12.4 Å². The Morgan fingerprint density at radius 3 is 1.83 bits per heavy atom. The summed E-state index contributed by atoms with van der Waals surface area (Å²) in [5.74, 6) is -5.20. The topological polar surface area (TPSA) is 83.8 Å². The summed E-state index contributed by atoms with van der Waals surface area (Å²) in [7, 11) is 0. The fraction of sp³-hybridized carbons (Fsp3) is 0.302. The van der Waals surface area contributed by atoms with Crippen LogP contribution in [0.5, 0.6) is 5.75 Å². The lowest BCUT2D eigenvalue weighted by Gasteiger charge is -2.33. The molecule has 0 aromatic heterocycles. The molecule has 0 saturated heterocycles. The van der Waals surface area contributed by atoms with Crippen LogP contribution in [-0.4, -0.2) is 34.5 Å². The highest BCUT2D eigenvalue weighted by Gasteiger charge is 2.32. The zero-order valence-electron chi connectivity index (χ0n) is 30.1. The van der Waals surface area contributed by atoms with Gasteiger partial charge < -0.3 is 14.9 Å². The van der Waals surface area contributed by atoms with E-state index in [1.165, 1.54) is 0 Å². The standard InChI is InChI=1S/C43H40F4O5S/c1-23-18-37-33(43(4,5)15-17-53-37)22-31(23)28(39(47)30-10-7-26(41(50)51)21-35(30)45)12-11-27(38(46)29-9-6-25(40(48)49)20-34(29)44)24-8-13-36-32(19-24)42(2,3)14-16-52-36/h6-10,13,18-22H,11-12,14-17H2,1-5H3,(H,48,49)(H,50,51)/b38-27+,39-28+. The van der Waals surface area contributed by atoms with Crippen LogP contribution in [0, 0.1) is 18.6 Å². The van der Waals surface area contributed by atoms with Crippen LogP contribution >= 0.6 is 11.8 Å². The summed E-state index contributed by atoms with van der Waals surface area (Å²) in [6, 6.07) is 15.0. The van der Waals surface area contributed by atoms with Gasteiger partial charge in [0.2, 0.25) is 0 Å². The van der Waals surface area contributed by atoms with Gasteiger partial charge in [-0.3, -0.25) is 0 Å². The molecule has 0 bridgehead atoms. The van der Waals surface area contributed by atoms with Gasteiger partial charge in [-0.1, -0.05) is 33.8 Å². The van der Waals surface area contributed by atoms with Gasteiger partial charge >= 0.3 is 11.9 Å². The molecular formula is C43H40F4O5S. The number of hydrogen-bond acceptors (Lipinski definition) is 4. The van der Waals surface area contributed by atoms with E-state index in [0.29, 0.717) is 29.9 Å². The van der Waals surface area contributed by atoms with Gasteiger partial charge in [0.15, 0.2) is 0 Å². The lowest BCUT2D eigenvalue weighted by atomic mass is 9.78. The summed E-state index contributed by atoms with van der Waals surface area (Å²) in [4.78, 5) is 24.1. The number of ether oxygens (including phenoxy) is 1. The number of carboxylic acid groups (broad SMARTS) is 2. The molecule has 276 valence electrons. The number of benzene rings is 4. The molecule has 2 aliphatic rings. The molecule has 53 heavy (non-hydrogen) atoms. The zero-order chi connectivity index (χ0) is 38.4. The molecule has 0 radical (unpaired) electrons. The number of carboxylic acids is 2. The van der Waals surface area contributed by atoms with Crippen molar-refractivity contribution in [3.8, 4) is 5.75 Å². The predicted octanol–water partition coefficient (Wildman–Crippen LogP) is 11.7. The largest absolute Gasteiger partial charge is 0.493 e. The van der Waals surface area contributed by atoms with E-state index < -0.39 is 46.4 Å². The van der Waals surface area contributed by atoms with E-state index >= 15 is 17.6 Å². The van der Waals surface area contributed by atoms with Crippen LogP contribution in [0.2, 0.25) is 0 Å². The Morgan fingerprint density at radius 1 is 0.698 bits per heavy atom. The Labute approximate surface area is 310 Å². The fourth-order valence-electron chi connectivity index (χ4n) is 7.10. The van der Waals surface area contributed by atoms with Gasteiger partial charge in [0, 0.05) is 21.6 Å². The average molecular weight is 745 g/mol. The van der Waals surface area contributed by atoms with E-state index in [4.69, 9.17) is 4.74 Å². The minimum Gasteiger partial charge on any atom is -0.493 e. The third kappa shape index (κ3) is 7.51. The second-order valence-corrected chi connectivity index (χ2v) is 16.1. The lowest BCUT2D eigenvalue weighted by Crippen LogP contribution is -2.26. The first-order valence-electron chi connectivity index (χ1n) is 17.4. The summed E-state index contributed by atoms with van der Waals surface area (Å²) in [6.07, 6.45) is 1.25. The van der Waals surface area contributed by atoms with E-state index in [-0.39, 0.29) is 45.9 Å². The van der Waals surface area contributed by atoms with Gasteiger partial charge in [0.1, 0.15) is 29.0 Å². The summed E-state index contributed by atoms with van der Waals surface area (Å²) in [5.41, 5.74) is 1.39. The van der Waals surface area contributed by atoms with E-state index in [1.807, 2.05) is 32.9 Å². The summed E-state index contributed by atoms with van der Waals surface area (Å²) in [5, 5.41) is 18.8. The highest BCUT2D eigenvalue weighted by Crippen LogP contribution is 2.47. The first kappa shape index (κ1) is 37.9. The van der Waals surface area contributed by atoms with E-state index in [0.717, 1.165) is 70.2 Å². The molecule has 2 heterocycles. The van der Waals surface area contributed by atoms with Crippen LogP contribution in [-0.2, 0) is 10.8 Å². The highest BCUT2D eigenvalue weighted by molar-refractivity contribution is 7.99. The van der Waals surface area contributed by atoms with Gasteiger partial charge in [-0.2, -0.15) is 0 Å². The molecule has 2 N–H and O–H groups in total. The molecule has 0 amide bonds. The van der Waals surface area contributed by atoms with Crippen molar-refractivity contribution in [2.24, 2.45) is 0 Å². The molecule has 0 saturated carbocycles. The van der Waals surface area contributed by atoms with Gasteiger partial charge in [0.25, 0.3) is 0 Å². The number of thioether (sulfide) groups is 1. The Kier molecular flexibility index (Phi) is 10.4. The van der Waals surface area contributed by atoms with Gasteiger partial charge in [-0.15, -0.1) is 11.8 Å². The zero-order valence-corrected chi connectivity index (χ0v) is 30.9. The third-order valence-electron chi connectivity index (χ3n) is 10.5. The summed E-state index contributed by atoms with van der Waals surface area (Å²) in [6.45, 7) is 10.6. The fourth-order valence-corrected chi connectivity index (χ4v) is 8.68. The van der Waals surface area contributed by atoms with Crippen molar-refractivity contribution in [1.82, 2.24) is 0 Å². The molecule has 0 unspecified atom stereocenters. The molecule has 10 heteroatoms. The number of hydrogen-bond donors (Lipinski definition) is 2. The molecular weight excluding hydrogens is 705 g/mol. The van der Waals surface area contributed by atoms with Gasteiger partial charge in [-0.05, 0) is 143 Å². The van der Waals surface area contributed by atoms with Gasteiger partial charge in [-0.25, -0.2) is 27.2 Å². The summed E-state index contributed by atoms with van der Waals surface area (Å²) < 4.78 is 70.8. The second-order valence-electron chi connectivity index (χ2n) is 14.9. The van der Waals surface area contributed by atoms with E-state index in [9.17, 15) is 19.8 Å². The highest BCUT2D eigenvalue weighted by atomic mass is 32.2. The third-order valence-corrected chi connectivity index (χ3v) is 11.5. The predicted molar refractivity (Wildman–Crippen MR) is 201 cm³/mol. The van der Waals surface area contributed by atoms with Crippen molar-refractivity contribution in [1.29, 1.82) is 0 Å². The molecule has 4 aromatic carbocycles. The molecule has 0 aliphatic carbocycles. The first-order chi connectivity index (χ1) is 25.0. The molecule has 0 spiro atoms. The van der Waals surface area contributed by atoms with Crippen LogP contribution in [0.25, 0.3) is 22.8 Å². The maximum atomic E-state index is 17.0. The van der Waals surface area contributed by atoms with Crippen molar-refractivity contribution >= 4 is 46.5 Å². The molecule has 0 fully saturated rings. The maximum Gasteiger partial charge on any atom is 0.335 e. The van der Waals surface area contributed by atoms with Crippen LogP contribution in [0.3, 0.4) is 0 Å². The number of rotatable bonds is 9. The maximum absolute atomic E-state index is 17.0. The molecule has 2 aliphatic heterocycles. The number of halogens is 4. The number of aryl methyl sites for hydroxylation is 1. The van der Waals surface area contributed by atoms with Crippen molar-refractivity contribution in [3.63, 3.8) is 0 Å². The van der Waals surface area contributed by atoms with E-state index in [2.05, 4.69) is 13.8 Å². The Morgan fingerprint density at radius 2 is 1.25 bits per heavy atom. The Balaban J connectivity index is 1.55. The number of carbonyl (C=O) groups is 2. The second kappa shape index (κ2) is 14.5. The van der Waals surface area contributed by atoms with Crippen molar-refractivity contribution < 1.29 is 42.1 Å².